The summed E-state index contributed by atoms with van der Waals surface area (Å²) in [6, 6.07) is -0.821. The molecule has 1 aliphatic heterocycles. The van der Waals surface area contributed by atoms with Gasteiger partial charge < -0.3 is 15.7 Å². The lowest BCUT2D eigenvalue weighted by Crippen LogP contribution is -2.53. The number of aliphatic carboxylic acids is 1. The molecule has 1 saturated heterocycles. The standard InChI is InChI=1S/C14H24N2O3S/c1-8(2)13-16(11(7-20-13)14(18)19)12(17)9-5-3-4-6-10(9)15/h8-11,13H,3-7,15H2,1-2H3,(H,18,19). The van der Waals surface area contributed by atoms with Crippen molar-refractivity contribution >= 4 is 23.6 Å². The maximum absolute atomic E-state index is 12.8. The average molecular weight is 300 g/mol. The monoisotopic (exact) mass is 300 g/mol. The number of amides is 1. The minimum Gasteiger partial charge on any atom is -0.480 e. The minimum absolute atomic E-state index is 0.0438. The lowest BCUT2D eigenvalue weighted by Gasteiger charge is -2.36. The Labute approximate surface area is 124 Å². The number of carbonyl (C=O) groups is 2. The first-order valence-corrected chi connectivity index (χ1v) is 8.40. The van der Waals surface area contributed by atoms with E-state index in [-0.39, 0.29) is 29.2 Å². The molecule has 114 valence electrons. The first kappa shape index (κ1) is 15.6. The van der Waals surface area contributed by atoms with Crippen molar-refractivity contribution in [3.8, 4) is 0 Å². The zero-order chi connectivity index (χ0) is 14.9. The Morgan fingerprint density at radius 1 is 1.30 bits per heavy atom. The fourth-order valence-electron chi connectivity index (χ4n) is 3.17. The van der Waals surface area contributed by atoms with Crippen LogP contribution < -0.4 is 5.73 Å². The molecule has 2 fully saturated rings. The van der Waals surface area contributed by atoms with Gasteiger partial charge in [0.2, 0.25) is 5.91 Å². The number of thioether (sulfide) groups is 1. The van der Waals surface area contributed by atoms with Crippen LogP contribution in [0.15, 0.2) is 0 Å². The predicted molar refractivity (Wildman–Crippen MR) is 79.3 cm³/mol. The van der Waals surface area contributed by atoms with Crippen LogP contribution in [0.3, 0.4) is 0 Å². The van der Waals surface area contributed by atoms with E-state index in [1.807, 2.05) is 13.8 Å². The molecule has 0 bridgehead atoms. The molecule has 0 radical (unpaired) electrons. The van der Waals surface area contributed by atoms with Crippen LogP contribution >= 0.6 is 11.8 Å². The van der Waals surface area contributed by atoms with Crippen molar-refractivity contribution in [2.45, 2.75) is 57.0 Å². The van der Waals surface area contributed by atoms with Crippen molar-refractivity contribution in [1.29, 1.82) is 0 Å². The van der Waals surface area contributed by atoms with Gasteiger partial charge in [0, 0.05) is 11.8 Å². The molecule has 1 aliphatic carbocycles. The van der Waals surface area contributed by atoms with E-state index in [9.17, 15) is 14.7 Å². The highest BCUT2D eigenvalue weighted by Gasteiger charge is 2.45. The fourth-order valence-corrected chi connectivity index (χ4v) is 4.65. The van der Waals surface area contributed by atoms with Gasteiger partial charge in [0.05, 0.1) is 11.3 Å². The van der Waals surface area contributed by atoms with E-state index < -0.39 is 12.0 Å². The van der Waals surface area contributed by atoms with Gasteiger partial charge in [-0.3, -0.25) is 4.79 Å². The number of carbonyl (C=O) groups excluding carboxylic acids is 1. The zero-order valence-electron chi connectivity index (χ0n) is 12.1. The number of nitrogens with two attached hydrogens (primary N) is 1. The first-order chi connectivity index (χ1) is 9.43. The van der Waals surface area contributed by atoms with Gasteiger partial charge in [-0.2, -0.15) is 0 Å². The van der Waals surface area contributed by atoms with E-state index in [0.717, 1.165) is 25.7 Å². The van der Waals surface area contributed by atoms with E-state index in [2.05, 4.69) is 0 Å². The van der Waals surface area contributed by atoms with Crippen molar-refractivity contribution in [3.63, 3.8) is 0 Å². The quantitative estimate of drug-likeness (QED) is 0.825. The summed E-state index contributed by atoms with van der Waals surface area (Å²) in [6.45, 7) is 4.06. The van der Waals surface area contributed by atoms with Gasteiger partial charge >= 0.3 is 5.97 Å². The maximum atomic E-state index is 12.8. The molecule has 0 spiro atoms. The number of carboxylic acids is 1. The largest absolute Gasteiger partial charge is 0.480 e. The molecule has 0 aromatic rings. The Morgan fingerprint density at radius 2 is 1.95 bits per heavy atom. The van der Waals surface area contributed by atoms with Gasteiger partial charge in [0.25, 0.3) is 0 Å². The summed E-state index contributed by atoms with van der Waals surface area (Å²) >= 11 is 1.57. The average Bonchev–Trinajstić information content (AvgIpc) is 2.83. The molecular weight excluding hydrogens is 276 g/mol. The fraction of sp³-hybridized carbons (Fsp3) is 0.857. The third-order valence-electron chi connectivity index (χ3n) is 4.28. The molecule has 0 aromatic carbocycles. The van der Waals surface area contributed by atoms with Crippen LogP contribution in [0.1, 0.15) is 39.5 Å². The summed E-state index contributed by atoms with van der Waals surface area (Å²) in [4.78, 5) is 25.8. The lowest BCUT2D eigenvalue weighted by atomic mass is 9.83. The van der Waals surface area contributed by atoms with E-state index in [1.165, 1.54) is 0 Å². The molecule has 20 heavy (non-hydrogen) atoms. The van der Waals surface area contributed by atoms with Gasteiger partial charge in [-0.25, -0.2) is 4.79 Å². The molecule has 5 nitrogen and oxygen atoms in total. The summed E-state index contributed by atoms with van der Waals surface area (Å²) in [5.41, 5.74) is 6.09. The van der Waals surface area contributed by atoms with Crippen LogP contribution in [-0.4, -0.2) is 45.1 Å². The third-order valence-corrected chi connectivity index (χ3v) is 5.90. The Morgan fingerprint density at radius 3 is 2.50 bits per heavy atom. The predicted octanol–water partition coefficient (Wildman–Crippen LogP) is 1.51. The number of hydrogen-bond donors (Lipinski definition) is 2. The summed E-state index contributed by atoms with van der Waals surface area (Å²) in [6.07, 6.45) is 3.73. The van der Waals surface area contributed by atoms with Crippen molar-refractivity contribution in [2.75, 3.05) is 5.75 Å². The number of hydrogen-bond acceptors (Lipinski definition) is 4. The SMILES string of the molecule is CC(C)C1SCC(C(=O)O)N1C(=O)C1CCCCC1N. The third kappa shape index (κ3) is 2.96. The lowest BCUT2D eigenvalue weighted by molar-refractivity contribution is -0.152. The van der Waals surface area contributed by atoms with Crippen LogP contribution in [0.2, 0.25) is 0 Å². The van der Waals surface area contributed by atoms with Crippen molar-refractivity contribution in [2.24, 2.45) is 17.6 Å². The van der Waals surface area contributed by atoms with Gasteiger partial charge in [0.1, 0.15) is 6.04 Å². The molecule has 0 aromatic heterocycles. The molecule has 1 amide bonds. The van der Waals surface area contributed by atoms with Crippen LogP contribution in [0, 0.1) is 11.8 Å². The minimum atomic E-state index is -0.904. The maximum Gasteiger partial charge on any atom is 0.327 e. The second-order valence-corrected chi connectivity index (χ2v) is 7.27. The Bertz CT molecular complexity index is 389. The molecule has 2 aliphatic rings. The molecule has 6 heteroatoms. The van der Waals surface area contributed by atoms with Gasteiger partial charge in [-0.05, 0) is 18.8 Å². The van der Waals surface area contributed by atoms with E-state index in [1.54, 1.807) is 16.7 Å². The van der Waals surface area contributed by atoms with Crippen molar-refractivity contribution in [1.82, 2.24) is 4.90 Å². The summed E-state index contributed by atoms with van der Waals surface area (Å²) in [5, 5.41) is 9.31. The van der Waals surface area contributed by atoms with Crippen molar-refractivity contribution in [3.05, 3.63) is 0 Å². The van der Waals surface area contributed by atoms with Crippen LogP contribution in [0.5, 0.6) is 0 Å². The number of carboxylic acid groups (broad SMARTS) is 1. The first-order valence-electron chi connectivity index (χ1n) is 7.35. The van der Waals surface area contributed by atoms with Crippen LogP contribution in [0.25, 0.3) is 0 Å². The summed E-state index contributed by atoms with van der Waals surface area (Å²) in [7, 11) is 0. The normalized spacial score (nSPS) is 34.5. The van der Waals surface area contributed by atoms with E-state index >= 15 is 0 Å². The van der Waals surface area contributed by atoms with E-state index in [4.69, 9.17) is 5.73 Å². The zero-order valence-corrected chi connectivity index (χ0v) is 12.9. The van der Waals surface area contributed by atoms with Crippen LogP contribution in [0.4, 0.5) is 0 Å². The van der Waals surface area contributed by atoms with E-state index in [0.29, 0.717) is 5.75 Å². The molecular formula is C14H24N2O3S. The van der Waals surface area contributed by atoms with Gasteiger partial charge in [0.15, 0.2) is 0 Å². The molecule has 3 N–H and O–H groups in total. The Kier molecular flexibility index (Phi) is 4.96. The van der Waals surface area contributed by atoms with Crippen LogP contribution in [-0.2, 0) is 9.59 Å². The number of rotatable bonds is 3. The number of nitrogens with zero attached hydrogens (tertiary/aromatic N) is 1. The highest BCUT2D eigenvalue weighted by molar-refractivity contribution is 8.00. The van der Waals surface area contributed by atoms with Gasteiger partial charge in [-0.15, -0.1) is 11.8 Å². The highest BCUT2D eigenvalue weighted by Crippen LogP contribution is 2.37. The summed E-state index contributed by atoms with van der Waals surface area (Å²) in [5.74, 6) is -0.434. The smallest absolute Gasteiger partial charge is 0.327 e. The van der Waals surface area contributed by atoms with Crippen molar-refractivity contribution < 1.29 is 14.7 Å². The second-order valence-electron chi connectivity index (χ2n) is 6.12. The summed E-state index contributed by atoms with van der Waals surface area (Å²) < 4.78 is 0. The second kappa shape index (κ2) is 6.35. The Balaban J connectivity index is 2.20. The van der Waals surface area contributed by atoms with Gasteiger partial charge in [-0.1, -0.05) is 26.7 Å². The molecule has 2 rings (SSSR count). The Hall–Kier alpha value is -0.750. The molecule has 4 unspecified atom stereocenters. The molecule has 1 heterocycles. The topological polar surface area (TPSA) is 83.6 Å². The highest BCUT2D eigenvalue weighted by atomic mass is 32.2. The molecule has 4 atom stereocenters. The molecule has 1 saturated carbocycles.